The van der Waals surface area contributed by atoms with Gasteiger partial charge in [-0.15, -0.1) is 10.2 Å². The Kier molecular flexibility index (Phi) is 5.60. The molecule has 3 rings (SSSR count). The number of nitrogens with zero attached hydrogens (tertiary/aromatic N) is 2. The van der Waals surface area contributed by atoms with Crippen molar-refractivity contribution in [1.29, 1.82) is 0 Å². The van der Waals surface area contributed by atoms with Gasteiger partial charge in [0, 0.05) is 5.56 Å². The zero-order valence-corrected chi connectivity index (χ0v) is 15.3. The predicted octanol–water partition coefficient (Wildman–Crippen LogP) is 3.62. The molecule has 1 atom stereocenters. The van der Waals surface area contributed by atoms with Crippen LogP contribution in [0.3, 0.4) is 0 Å². The molecule has 0 aliphatic rings. The van der Waals surface area contributed by atoms with Gasteiger partial charge < -0.3 is 5.32 Å². The Balaban J connectivity index is 1.62. The van der Waals surface area contributed by atoms with Crippen molar-refractivity contribution in [2.45, 2.75) is 13.0 Å². The van der Waals surface area contributed by atoms with Crippen LogP contribution in [0.1, 0.15) is 17.3 Å². The molecular weight excluding hydrogens is 372 g/mol. The third-order valence-electron chi connectivity index (χ3n) is 3.54. The summed E-state index contributed by atoms with van der Waals surface area (Å²) in [5.41, 5.74) is 1.24. The predicted molar refractivity (Wildman–Crippen MR) is 102 cm³/mol. The number of carbonyl (C=O) groups is 2. The van der Waals surface area contributed by atoms with E-state index >= 15 is 0 Å². The van der Waals surface area contributed by atoms with Gasteiger partial charge in [0.2, 0.25) is 11.0 Å². The maximum Gasteiger partial charge on any atom is 0.253 e. The summed E-state index contributed by atoms with van der Waals surface area (Å²) in [4.78, 5) is 24.5. The van der Waals surface area contributed by atoms with Gasteiger partial charge in [-0.25, -0.2) is 0 Å². The van der Waals surface area contributed by atoms with Crippen LogP contribution >= 0.6 is 22.9 Å². The van der Waals surface area contributed by atoms with E-state index in [1.54, 1.807) is 31.2 Å². The smallest absolute Gasteiger partial charge is 0.253 e. The van der Waals surface area contributed by atoms with E-state index in [-0.39, 0.29) is 5.91 Å². The van der Waals surface area contributed by atoms with E-state index in [1.807, 2.05) is 30.3 Å². The lowest BCUT2D eigenvalue weighted by atomic mass is 10.2. The van der Waals surface area contributed by atoms with Crippen LogP contribution in [0, 0.1) is 0 Å². The highest BCUT2D eigenvalue weighted by atomic mass is 35.5. The molecule has 3 aromatic rings. The maximum atomic E-state index is 12.3. The minimum atomic E-state index is -0.761. The zero-order chi connectivity index (χ0) is 18.5. The first-order chi connectivity index (χ1) is 12.5. The standard InChI is InChI=1S/C18H15ClN4O2S/c1-11(20-16(25)13-9-5-6-10-14(13)19)15(24)21-18-23-22-17(26-18)12-7-3-2-4-8-12/h2-11H,1H3,(H,20,25)(H,21,23,24). The SMILES string of the molecule is CC(NC(=O)c1ccccc1Cl)C(=O)Nc1nnc(-c2ccccc2)s1. The van der Waals surface area contributed by atoms with Gasteiger partial charge in [-0.1, -0.05) is 65.4 Å². The molecule has 0 spiro atoms. The van der Waals surface area contributed by atoms with Gasteiger partial charge in [-0.2, -0.15) is 0 Å². The number of nitrogens with one attached hydrogen (secondary N) is 2. The topological polar surface area (TPSA) is 84.0 Å². The van der Waals surface area contributed by atoms with E-state index in [1.165, 1.54) is 11.3 Å². The molecule has 0 saturated heterocycles. The summed E-state index contributed by atoms with van der Waals surface area (Å²) in [7, 11) is 0. The molecule has 0 aliphatic carbocycles. The molecule has 0 fully saturated rings. The van der Waals surface area contributed by atoms with E-state index in [2.05, 4.69) is 20.8 Å². The number of amides is 2. The molecule has 1 unspecified atom stereocenters. The third-order valence-corrected chi connectivity index (χ3v) is 4.75. The quantitative estimate of drug-likeness (QED) is 0.701. The molecule has 2 amide bonds. The molecule has 1 aromatic heterocycles. The molecule has 0 bridgehead atoms. The van der Waals surface area contributed by atoms with Crippen LogP contribution in [-0.4, -0.2) is 28.1 Å². The van der Waals surface area contributed by atoms with Gasteiger partial charge in [0.05, 0.1) is 10.6 Å². The van der Waals surface area contributed by atoms with Crippen LogP contribution in [0.5, 0.6) is 0 Å². The minimum absolute atomic E-state index is 0.316. The Hall–Kier alpha value is -2.77. The van der Waals surface area contributed by atoms with Crippen LogP contribution in [0.15, 0.2) is 54.6 Å². The number of hydrogen-bond donors (Lipinski definition) is 2. The largest absolute Gasteiger partial charge is 0.340 e. The van der Waals surface area contributed by atoms with Gasteiger partial charge in [-0.05, 0) is 19.1 Å². The van der Waals surface area contributed by atoms with E-state index in [0.717, 1.165) is 5.56 Å². The van der Waals surface area contributed by atoms with Crippen molar-refractivity contribution in [3.63, 3.8) is 0 Å². The highest BCUT2D eigenvalue weighted by Gasteiger charge is 2.19. The summed E-state index contributed by atoms with van der Waals surface area (Å²) in [6.07, 6.45) is 0. The first-order valence-electron chi connectivity index (χ1n) is 7.80. The lowest BCUT2D eigenvalue weighted by Gasteiger charge is -2.13. The summed E-state index contributed by atoms with van der Waals surface area (Å²) in [6.45, 7) is 1.59. The van der Waals surface area contributed by atoms with E-state index < -0.39 is 11.9 Å². The molecule has 0 radical (unpaired) electrons. The lowest BCUT2D eigenvalue weighted by molar-refractivity contribution is -0.117. The van der Waals surface area contributed by atoms with Gasteiger partial charge in [0.25, 0.3) is 5.91 Å². The molecule has 0 aliphatic heterocycles. The number of hydrogen-bond acceptors (Lipinski definition) is 5. The van der Waals surface area contributed by atoms with Crippen molar-refractivity contribution < 1.29 is 9.59 Å². The van der Waals surface area contributed by atoms with Gasteiger partial charge in [-0.3, -0.25) is 14.9 Å². The van der Waals surface area contributed by atoms with Crippen molar-refractivity contribution in [3.8, 4) is 10.6 Å². The Morgan fingerprint density at radius 2 is 1.73 bits per heavy atom. The molecule has 2 N–H and O–H groups in total. The number of halogens is 1. The average molecular weight is 387 g/mol. The Morgan fingerprint density at radius 1 is 1.04 bits per heavy atom. The first-order valence-corrected chi connectivity index (χ1v) is 8.99. The fourth-order valence-electron chi connectivity index (χ4n) is 2.17. The van der Waals surface area contributed by atoms with Crippen molar-refractivity contribution in [1.82, 2.24) is 15.5 Å². The lowest BCUT2D eigenvalue weighted by Crippen LogP contribution is -2.41. The van der Waals surface area contributed by atoms with Crippen molar-refractivity contribution in [3.05, 3.63) is 65.2 Å². The van der Waals surface area contributed by atoms with Crippen LogP contribution in [0.2, 0.25) is 5.02 Å². The highest BCUT2D eigenvalue weighted by Crippen LogP contribution is 2.25. The fourth-order valence-corrected chi connectivity index (χ4v) is 3.14. The second-order valence-electron chi connectivity index (χ2n) is 5.44. The Morgan fingerprint density at radius 3 is 2.46 bits per heavy atom. The molecule has 0 saturated carbocycles. The van der Waals surface area contributed by atoms with Gasteiger partial charge >= 0.3 is 0 Å². The van der Waals surface area contributed by atoms with Crippen molar-refractivity contribution in [2.75, 3.05) is 5.32 Å². The Bertz CT molecular complexity index is 930. The van der Waals surface area contributed by atoms with E-state index in [9.17, 15) is 9.59 Å². The number of benzene rings is 2. The normalized spacial score (nSPS) is 11.6. The third kappa shape index (κ3) is 4.25. The van der Waals surface area contributed by atoms with Crippen LogP contribution in [0.4, 0.5) is 5.13 Å². The van der Waals surface area contributed by atoms with Crippen molar-refractivity contribution in [2.24, 2.45) is 0 Å². The summed E-state index contributed by atoms with van der Waals surface area (Å²) >= 11 is 7.26. The average Bonchev–Trinajstić information content (AvgIpc) is 3.11. The Labute approximate surface area is 159 Å². The zero-order valence-electron chi connectivity index (χ0n) is 13.8. The monoisotopic (exact) mass is 386 g/mol. The summed E-state index contributed by atoms with van der Waals surface area (Å²) < 4.78 is 0. The van der Waals surface area contributed by atoms with Gasteiger partial charge in [0.15, 0.2) is 0 Å². The maximum absolute atomic E-state index is 12.3. The summed E-state index contributed by atoms with van der Waals surface area (Å²) in [5.74, 6) is -0.804. The van der Waals surface area contributed by atoms with Gasteiger partial charge in [0.1, 0.15) is 11.0 Å². The summed E-state index contributed by atoms with van der Waals surface area (Å²) in [6, 6.07) is 15.4. The minimum Gasteiger partial charge on any atom is -0.340 e. The summed E-state index contributed by atoms with van der Waals surface area (Å²) in [5, 5.41) is 14.7. The molecule has 132 valence electrons. The van der Waals surface area contributed by atoms with Crippen LogP contribution < -0.4 is 10.6 Å². The second kappa shape index (κ2) is 8.07. The fraction of sp³-hybridized carbons (Fsp3) is 0.111. The number of aromatic nitrogens is 2. The van der Waals surface area contributed by atoms with E-state index in [0.29, 0.717) is 20.7 Å². The van der Waals surface area contributed by atoms with E-state index in [4.69, 9.17) is 11.6 Å². The molecule has 1 heterocycles. The number of rotatable bonds is 5. The number of anilines is 1. The molecule has 2 aromatic carbocycles. The van der Waals surface area contributed by atoms with Crippen molar-refractivity contribution >= 4 is 39.9 Å². The van der Waals surface area contributed by atoms with Crippen LogP contribution in [0.25, 0.3) is 10.6 Å². The number of carbonyl (C=O) groups excluding carboxylic acids is 2. The molecule has 8 heteroatoms. The first kappa shape index (κ1) is 18.0. The molecule has 6 nitrogen and oxygen atoms in total. The molecule has 26 heavy (non-hydrogen) atoms. The highest BCUT2D eigenvalue weighted by molar-refractivity contribution is 7.18. The molecular formula is C18H15ClN4O2S. The second-order valence-corrected chi connectivity index (χ2v) is 6.83. The van der Waals surface area contributed by atoms with Crippen LogP contribution in [-0.2, 0) is 4.79 Å².